The van der Waals surface area contributed by atoms with Gasteiger partial charge in [-0.1, -0.05) is 18.2 Å². The van der Waals surface area contributed by atoms with E-state index < -0.39 is 29.7 Å². The van der Waals surface area contributed by atoms with Crippen LogP contribution in [0.5, 0.6) is 0 Å². The monoisotopic (exact) mass is 563 g/mol. The summed E-state index contributed by atoms with van der Waals surface area (Å²) < 4.78 is 9.89. The van der Waals surface area contributed by atoms with Gasteiger partial charge in [0.05, 0.1) is 25.3 Å². The molecule has 0 aromatic heterocycles. The topological polar surface area (TPSA) is 150 Å². The molecule has 41 heavy (non-hydrogen) atoms. The molecule has 4 amide bonds. The summed E-state index contributed by atoms with van der Waals surface area (Å²) in [6.07, 6.45) is 0.809. The minimum atomic E-state index is -1.16. The summed E-state index contributed by atoms with van der Waals surface area (Å²) in [5.74, 6) is -0.550. The van der Waals surface area contributed by atoms with Crippen molar-refractivity contribution in [2.75, 3.05) is 32.1 Å². The van der Waals surface area contributed by atoms with Gasteiger partial charge in [0.25, 0.3) is 5.91 Å². The Labute approximate surface area is 240 Å². The molecule has 1 saturated heterocycles. The lowest BCUT2D eigenvalue weighted by Crippen LogP contribution is -2.50. The van der Waals surface area contributed by atoms with E-state index in [1.807, 2.05) is 24.3 Å². The fraction of sp³-hybridized carbons (Fsp3) is 0.433. The van der Waals surface area contributed by atoms with Crippen LogP contribution in [0.3, 0.4) is 0 Å². The maximum atomic E-state index is 13.3. The van der Waals surface area contributed by atoms with Crippen molar-refractivity contribution in [2.24, 2.45) is 0 Å². The first kappa shape index (κ1) is 30.9. The molecule has 3 N–H and O–H groups in total. The van der Waals surface area contributed by atoms with E-state index in [0.717, 1.165) is 18.4 Å². The van der Waals surface area contributed by atoms with E-state index in [2.05, 4.69) is 22.0 Å². The molecule has 1 atom stereocenters. The normalized spacial score (nSPS) is 14.3. The Morgan fingerprint density at radius 2 is 1.73 bits per heavy atom. The van der Waals surface area contributed by atoms with Crippen LogP contribution < -0.4 is 16.0 Å². The number of rotatable bonds is 7. The lowest BCUT2D eigenvalue weighted by atomic mass is 9.89. The Morgan fingerprint density at radius 3 is 2.32 bits per heavy atom. The van der Waals surface area contributed by atoms with Gasteiger partial charge in [-0.05, 0) is 81.8 Å². The molecule has 2 aromatic carbocycles. The first-order valence-corrected chi connectivity index (χ1v) is 13.4. The molecule has 11 nitrogen and oxygen atoms in total. The number of methoxy groups -OCH3 is 1. The van der Waals surface area contributed by atoms with Crippen molar-refractivity contribution in [3.8, 4) is 6.07 Å². The molecule has 11 heteroatoms. The zero-order chi connectivity index (χ0) is 30.2. The second-order valence-corrected chi connectivity index (χ2v) is 10.9. The van der Waals surface area contributed by atoms with Gasteiger partial charge in [-0.25, -0.2) is 14.4 Å². The van der Waals surface area contributed by atoms with Crippen LogP contribution in [0.4, 0.5) is 15.3 Å². The fourth-order valence-corrected chi connectivity index (χ4v) is 4.46. The number of ether oxygens (including phenoxy) is 2. The number of piperidine rings is 1. The van der Waals surface area contributed by atoms with Crippen molar-refractivity contribution < 1.29 is 28.7 Å². The fourth-order valence-electron chi connectivity index (χ4n) is 4.46. The molecule has 3 rings (SSSR count). The summed E-state index contributed by atoms with van der Waals surface area (Å²) in [5.41, 5.74) is 2.65. The van der Waals surface area contributed by atoms with Gasteiger partial charge in [0.2, 0.25) is 0 Å². The average Bonchev–Trinajstić information content (AvgIpc) is 2.94. The maximum absolute atomic E-state index is 13.3. The molecular formula is C30H37N5O6. The summed E-state index contributed by atoms with van der Waals surface area (Å²) in [6.45, 7) is 7.81. The Kier molecular flexibility index (Phi) is 10.3. The van der Waals surface area contributed by atoms with Gasteiger partial charge in [-0.15, -0.1) is 0 Å². The van der Waals surface area contributed by atoms with Gasteiger partial charge in [-0.2, -0.15) is 5.26 Å². The van der Waals surface area contributed by atoms with Crippen molar-refractivity contribution in [1.82, 2.24) is 15.5 Å². The highest BCUT2D eigenvalue weighted by atomic mass is 16.6. The average molecular weight is 564 g/mol. The highest BCUT2D eigenvalue weighted by Crippen LogP contribution is 2.29. The lowest BCUT2D eigenvalue weighted by molar-refractivity contribution is -0.142. The van der Waals surface area contributed by atoms with Crippen LogP contribution in [0.2, 0.25) is 0 Å². The smallest absolute Gasteiger partial charge is 0.408 e. The predicted octanol–water partition coefficient (Wildman–Crippen LogP) is 4.07. The van der Waals surface area contributed by atoms with Crippen molar-refractivity contribution in [3.63, 3.8) is 0 Å². The van der Waals surface area contributed by atoms with Crippen LogP contribution in [0, 0.1) is 18.3 Å². The molecule has 0 saturated carbocycles. The third kappa shape index (κ3) is 8.96. The summed E-state index contributed by atoms with van der Waals surface area (Å²) in [6, 6.07) is 13.0. The van der Waals surface area contributed by atoms with Crippen LogP contribution in [0.1, 0.15) is 66.6 Å². The highest BCUT2D eigenvalue weighted by molar-refractivity contribution is 5.97. The zero-order valence-corrected chi connectivity index (χ0v) is 24.1. The Hall–Kier alpha value is -4.59. The maximum Gasteiger partial charge on any atom is 0.408 e. The molecule has 1 fully saturated rings. The van der Waals surface area contributed by atoms with Gasteiger partial charge in [0.15, 0.2) is 0 Å². The van der Waals surface area contributed by atoms with Crippen LogP contribution in [0.15, 0.2) is 42.5 Å². The second-order valence-electron chi connectivity index (χ2n) is 10.9. The molecule has 1 heterocycles. The van der Waals surface area contributed by atoms with E-state index in [1.165, 1.54) is 12.7 Å². The van der Waals surface area contributed by atoms with Gasteiger partial charge in [0.1, 0.15) is 11.6 Å². The Balaban J connectivity index is 1.58. The van der Waals surface area contributed by atoms with Crippen molar-refractivity contribution in [1.29, 1.82) is 5.26 Å². The number of aryl methyl sites for hydroxylation is 1. The van der Waals surface area contributed by atoms with Gasteiger partial charge in [0, 0.05) is 24.3 Å². The first-order valence-electron chi connectivity index (χ1n) is 13.4. The van der Waals surface area contributed by atoms with E-state index >= 15 is 0 Å². The number of anilines is 1. The van der Waals surface area contributed by atoms with Crippen molar-refractivity contribution in [3.05, 3.63) is 64.7 Å². The number of esters is 1. The molecule has 0 bridgehead atoms. The zero-order valence-electron chi connectivity index (χ0n) is 24.1. The van der Waals surface area contributed by atoms with Crippen LogP contribution in [0.25, 0.3) is 0 Å². The molecule has 2 aromatic rings. The molecule has 0 spiro atoms. The molecule has 0 radical (unpaired) electrons. The molecule has 0 unspecified atom stereocenters. The molecule has 218 valence electrons. The summed E-state index contributed by atoms with van der Waals surface area (Å²) in [4.78, 5) is 51.9. The number of alkyl carbamates (subject to hydrolysis) is 1. The number of urea groups is 1. The van der Waals surface area contributed by atoms with Crippen LogP contribution in [-0.2, 0) is 14.3 Å². The number of hydrogen-bond donors (Lipinski definition) is 3. The minimum Gasteiger partial charge on any atom is -0.467 e. The van der Waals surface area contributed by atoms with E-state index in [4.69, 9.17) is 14.7 Å². The number of amides is 4. The SMILES string of the molecule is COC(=O)[C@H](CNC(=O)Nc1cc(C(=O)N2CCC(c3ccc(C#N)cc3)CC2)ccc1C)NC(=O)OC(C)(C)C. The first-order chi connectivity index (χ1) is 19.4. The van der Waals surface area contributed by atoms with E-state index in [-0.39, 0.29) is 12.5 Å². The number of benzene rings is 2. The minimum absolute atomic E-state index is 0.126. The summed E-state index contributed by atoms with van der Waals surface area (Å²) in [5, 5.41) is 16.7. The third-order valence-electron chi connectivity index (χ3n) is 6.67. The lowest BCUT2D eigenvalue weighted by Gasteiger charge is -2.32. The number of likely N-dealkylation sites (tertiary alicyclic amines) is 1. The third-order valence-corrected chi connectivity index (χ3v) is 6.67. The van der Waals surface area contributed by atoms with E-state index in [0.29, 0.717) is 35.8 Å². The van der Waals surface area contributed by atoms with E-state index in [1.54, 1.807) is 50.8 Å². The number of carbonyl (C=O) groups is 4. The van der Waals surface area contributed by atoms with Crippen LogP contribution in [-0.4, -0.2) is 67.3 Å². The van der Waals surface area contributed by atoms with Crippen LogP contribution >= 0.6 is 0 Å². The van der Waals surface area contributed by atoms with Gasteiger partial charge >= 0.3 is 18.1 Å². The van der Waals surface area contributed by atoms with Crippen molar-refractivity contribution in [2.45, 2.75) is 58.1 Å². The highest BCUT2D eigenvalue weighted by Gasteiger charge is 2.27. The predicted molar refractivity (Wildman–Crippen MR) is 152 cm³/mol. The molecular weight excluding hydrogens is 526 g/mol. The molecule has 0 aliphatic carbocycles. The Morgan fingerprint density at radius 1 is 1.07 bits per heavy atom. The Bertz CT molecular complexity index is 1300. The number of nitrogens with one attached hydrogen (secondary N) is 3. The molecule has 1 aliphatic rings. The number of hydrogen-bond acceptors (Lipinski definition) is 7. The summed E-state index contributed by atoms with van der Waals surface area (Å²) in [7, 11) is 1.17. The standard InChI is InChI=1S/C30H37N5O6/c1-19-6-9-23(26(36)35-14-12-22(13-15-35)21-10-7-20(17-31)8-11-21)16-24(19)33-28(38)32-18-25(27(37)40-5)34-29(39)41-30(2,3)4/h6-11,16,22,25H,12-15,18H2,1-5H3,(H,34,39)(H2,32,33,38)/t25-/m0/s1. The summed E-state index contributed by atoms with van der Waals surface area (Å²) >= 11 is 0. The number of nitrogens with zero attached hydrogens (tertiary/aromatic N) is 2. The van der Waals surface area contributed by atoms with Crippen molar-refractivity contribution >= 4 is 29.7 Å². The second kappa shape index (κ2) is 13.7. The van der Waals surface area contributed by atoms with E-state index in [9.17, 15) is 19.2 Å². The largest absolute Gasteiger partial charge is 0.467 e. The quantitative estimate of drug-likeness (QED) is 0.430. The number of nitriles is 1. The number of carbonyl (C=O) groups excluding carboxylic acids is 4. The van der Waals surface area contributed by atoms with Gasteiger partial charge in [-0.3, -0.25) is 4.79 Å². The van der Waals surface area contributed by atoms with Gasteiger partial charge < -0.3 is 30.3 Å². The molecule has 1 aliphatic heterocycles.